The Morgan fingerprint density at radius 2 is 1.75 bits per heavy atom. The average Bonchev–Trinajstić information content (AvgIpc) is 2.40. The van der Waals surface area contributed by atoms with Crippen LogP contribution < -0.4 is 11.5 Å². The minimum atomic E-state index is 0.00277. The van der Waals surface area contributed by atoms with Crippen LogP contribution in [0, 0.1) is 0 Å². The second kappa shape index (κ2) is 6.37. The lowest BCUT2D eigenvalue weighted by Gasteiger charge is -2.19. The summed E-state index contributed by atoms with van der Waals surface area (Å²) in [6.45, 7) is 1.32. The van der Waals surface area contributed by atoms with Gasteiger partial charge in [0.2, 0.25) is 5.95 Å². The van der Waals surface area contributed by atoms with E-state index in [1.807, 2.05) is 4.90 Å². The summed E-state index contributed by atoms with van der Waals surface area (Å²) in [7, 11) is 0. The molecule has 0 atom stereocenters. The highest BCUT2D eigenvalue weighted by Crippen LogP contribution is 2.15. The van der Waals surface area contributed by atoms with Crippen molar-refractivity contribution in [2.24, 2.45) is 0 Å². The molecule has 0 fully saturated rings. The van der Waals surface area contributed by atoms with Gasteiger partial charge in [-0.15, -0.1) is 0 Å². The van der Waals surface area contributed by atoms with Crippen LogP contribution in [0.2, 0.25) is 0 Å². The Morgan fingerprint density at radius 3 is 2.40 bits per heavy atom. The van der Waals surface area contributed by atoms with Gasteiger partial charge in [0, 0.05) is 19.6 Å². The molecule has 0 aromatic carbocycles. The molecule has 2 aromatic heterocycles. The molecule has 9 heteroatoms. The van der Waals surface area contributed by atoms with Crippen molar-refractivity contribution in [3.8, 4) is 0 Å². The summed E-state index contributed by atoms with van der Waals surface area (Å²) < 4.78 is 0. The molecule has 0 unspecified atom stereocenters. The number of anilines is 2. The highest BCUT2D eigenvalue weighted by Gasteiger charge is 2.10. The van der Waals surface area contributed by atoms with Crippen LogP contribution in [-0.2, 0) is 6.54 Å². The first-order valence-electron chi connectivity index (χ1n) is 6.12. The predicted octanol–water partition coefficient (Wildman–Crippen LogP) is -1.63. The van der Waals surface area contributed by atoms with Gasteiger partial charge in [0.1, 0.15) is 0 Å². The van der Waals surface area contributed by atoms with Crippen molar-refractivity contribution in [1.29, 1.82) is 0 Å². The van der Waals surface area contributed by atoms with Crippen LogP contribution in [0.1, 0.15) is 5.69 Å². The zero-order valence-corrected chi connectivity index (χ0v) is 10.9. The molecule has 2 heterocycles. The molecule has 0 saturated carbocycles. The summed E-state index contributed by atoms with van der Waals surface area (Å²) in [6, 6.07) is 0. The van der Waals surface area contributed by atoms with E-state index < -0.39 is 0 Å². The molecule has 2 rings (SSSR count). The van der Waals surface area contributed by atoms with E-state index >= 15 is 0 Å². The first kappa shape index (κ1) is 14.3. The zero-order valence-electron chi connectivity index (χ0n) is 10.9. The molecule has 0 aliphatic heterocycles. The van der Waals surface area contributed by atoms with E-state index in [0.717, 1.165) is 0 Å². The quantitative estimate of drug-likeness (QED) is 0.489. The maximum atomic E-state index is 8.97. The van der Waals surface area contributed by atoms with Crippen LogP contribution in [0.4, 0.5) is 11.8 Å². The fourth-order valence-electron chi connectivity index (χ4n) is 1.84. The Kier molecular flexibility index (Phi) is 4.56. The van der Waals surface area contributed by atoms with Crippen LogP contribution in [-0.4, -0.2) is 61.4 Å². The molecule has 6 N–H and O–H groups in total. The molecule has 0 spiro atoms. The van der Waals surface area contributed by atoms with Gasteiger partial charge >= 0.3 is 0 Å². The Balaban J connectivity index is 2.26. The van der Waals surface area contributed by atoms with E-state index in [2.05, 4.69) is 19.9 Å². The van der Waals surface area contributed by atoms with Gasteiger partial charge in [0.25, 0.3) is 0 Å². The van der Waals surface area contributed by atoms with Gasteiger partial charge in [0.15, 0.2) is 17.0 Å². The average molecular weight is 279 g/mol. The third kappa shape index (κ3) is 3.26. The topological polar surface area (TPSA) is 147 Å². The standard InChI is InChI=1S/C11H17N7O2/c12-9-8-10(17-11(13)16-9)14-5-7(15-8)6-18(1-3-19)2-4-20/h5,19-20H,1-4,6H2,(H4,12,13,14,16,17). The van der Waals surface area contributed by atoms with E-state index in [9.17, 15) is 0 Å². The fraction of sp³-hybridized carbons (Fsp3) is 0.455. The van der Waals surface area contributed by atoms with Crippen molar-refractivity contribution in [2.75, 3.05) is 37.8 Å². The second-order valence-corrected chi connectivity index (χ2v) is 4.22. The molecule has 20 heavy (non-hydrogen) atoms. The van der Waals surface area contributed by atoms with E-state index in [1.54, 1.807) is 6.20 Å². The molecule has 0 bridgehead atoms. The Bertz CT molecular complexity index is 586. The number of fused-ring (bicyclic) bond motifs is 1. The lowest BCUT2D eigenvalue weighted by molar-refractivity contribution is 0.154. The Hall–Kier alpha value is -2.10. The molecule has 9 nitrogen and oxygen atoms in total. The van der Waals surface area contributed by atoms with Gasteiger partial charge in [-0.1, -0.05) is 0 Å². The Labute approximate surface area is 115 Å². The number of nitrogens with two attached hydrogens (primary N) is 2. The van der Waals surface area contributed by atoms with Crippen LogP contribution in [0.25, 0.3) is 11.2 Å². The molecule has 0 amide bonds. The third-order valence-electron chi connectivity index (χ3n) is 2.72. The smallest absolute Gasteiger partial charge is 0.224 e. The SMILES string of the molecule is Nc1nc(N)c2nc(CN(CCO)CCO)cnc2n1. The van der Waals surface area contributed by atoms with Crippen molar-refractivity contribution in [3.63, 3.8) is 0 Å². The second-order valence-electron chi connectivity index (χ2n) is 4.22. The van der Waals surface area contributed by atoms with Gasteiger partial charge in [-0.25, -0.2) is 9.97 Å². The van der Waals surface area contributed by atoms with Crippen molar-refractivity contribution in [3.05, 3.63) is 11.9 Å². The summed E-state index contributed by atoms with van der Waals surface area (Å²) in [6.07, 6.45) is 1.57. The summed E-state index contributed by atoms with van der Waals surface area (Å²) in [5, 5.41) is 17.9. The molecule has 0 radical (unpaired) electrons. The highest BCUT2D eigenvalue weighted by atomic mass is 16.3. The number of hydrogen-bond acceptors (Lipinski definition) is 9. The number of aromatic nitrogens is 4. The van der Waals surface area contributed by atoms with Crippen LogP contribution in [0.3, 0.4) is 0 Å². The number of nitrogens with zero attached hydrogens (tertiary/aromatic N) is 5. The first-order chi connectivity index (χ1) is 9.63. The van der Waals surface area contributed by atoms with Crippen LogP contribution in [0.5, 0.6) is 0 Å². The summed E-state index contributed by atoms with van der Waals surface area (Å²) in [5.74, 6) is 0.233. The summed E-state index contributed by atoms with van der Waals surface area (Å²) in [4.78, 5) is 18.1. The summed E-state index contributed by atoms with van der Waals surface area (Å²) >= 11 is 0. The number of rotatable bonds is 6. The van der Waals surface area contributed by atoms with Crippen LogP contribution in [0.15, 0.2) is 6.20 Å². The minimum Gasteiger partial charge on any atom is -0.395 e. The molecular weight excluding hydrogens is 262 g/mol. The fourth-order valence-corrected chi connectivity index (χ4v) is 1.84. The monoisotopic (exact) mass is 279 g/mol. The summed E-state index contributed by atoms with van der Waals surface area (Å²) in [5.41, 5.74) is 12.6. The molecule has 2 aromatic rings. The number of nitrogen functional groups attached to an aromatic ring is 2. The third-order valence-corrected chi connectivity index (χ3v) is 2.72. The van der Waals surface area contributed by atoms with E-state index in [-0.39, 0.29) is 25.0 Å². The molecule has 0 aliphatic rings. The molecule has 0 aliphatic carbocycles. The van der Waals surface area contributed by atoms with Crippen molar-refractivity contribution in [2.45, 2.75) is 6.54 Å². The van der Waals surface area contributed by atoms with Crippen molar-refractivity contribution < 1.29 is 10.2 Å². The number of hydrogen-bond donors (Lipinski definition) is 4. The Morgan fingerprint density at radius 1 is 1.05 bits per heavy atom. The normalized spacial score (nSPS) is 11.3. The van der Waals surface area contributed by atoms with Crippen molar-refractivity contribution >= 4 is 22.9 Å². The predicted molar refractivity (Wildman–Crippen MR) is 73.4 cm³/mol. The highest BCUT2D eigenvalue weighted by molar-refractivity contribution is 5.81. The lowest BCUT2D eigenvalue weighted by Crippen LogP contribution is -2.29. The van der Waals surface area contributed by atoms with Gasteiger partial charge in [0.05, 0.1) is 25.1 Å². The number of aliphatic hydroxyl groups is 2. The molecule has 108 valence electrons. The first-order valence-corrected chi connectivity index (χ1v) is 6.12. The van der Waals surface area contributed by atoms with Gasteiger partial charge in [-0.05, 0) is 0 Å². The zero-order chi connectivity index (χ0) is 14.5. The molecular formula is C11H17N7O2. The van der Waals surface area contributed by atoms with Crippen LogP contribution >= 0.6 is 0 Å². The maximum Gasteiger partial charge on any atom is 0.224 e. The minimum absolute atomic E-state index is 0.00277. The largest absolute Gasteiger partial charge is 0.395 e. The number of aliphatic hydroxyl groups excluding tert-OH is 2. The lowest BCUT2D eigenvalue weighted by atomic mass is 10.3. The van der Waals surface area contributed by atoms with Crippen molar-refractivity contribution in [1.82, 2.24) is 24.8 Å². The van der Waals surface area contributed by atoms with E-state index in [4.69, 9.17) is 21.7 Å². The maximum absolute atomic E-state index is 8.97. The van der Waals surface area contributed by atoms with Gasteiger partial charge in [-0.3, -0.25) is 4.90 Å². The van der Waals surface area contributed by atoms with E-state index in [1.165, 1.54) is 0 Å². The van der Waals surface area contributed by atoms with E-state index in [0.29, 0.717) is 36.5 Å². The van der Waals surface area contributed by atoms with Gasteiger partial charge in [-0.2, -0.15) is 9.97 Å². The van der Waals surface area contributed by atoms with Gasteiger partial charge < -0.3 is 21.7 Å². The molecule has 0 saturated heterocycles.